The molecule has 1 rings (SSSR count). The summed E-state index contributed by atoms with van der Waals surface area (Å²) in [4.78, 5) is 11.1. The van der Waals surface area contributed by atoms with Gasteiger partial charge in [-0.15, -0.1) is 0 Å². The third kappa shape index (κ3) is 2.15. The number of ketones is 1. The second-order valence-electron chi connectivity index (χ2n) is 2.72. The number of nitriles is 1. The van der Waals surface area contributed by atoms with Gasteiger partial charge in [-0.1, -0.05) is 12.1 Å². The first-order valence-electron chi connectivity index (χ1n) is 3.98. The number of Topliss-reactive ketones (excluding diaryl/α,β-unsaturated/α-hetero) is 1. The van der Waals surface area contributed by atoms with Gasteiger partial charge < -0.3 is 5.11 Å². The molecule has 0 aliphatic carbocycles. The van der Waals surface area contributed by atoms with E-state index < -0.39 is 18.2 Å². The average molecular weight is 193 g/mol. The lowest BCUT2D eigenvalue weighted by Gasteiger charge is -2.01. The number of halogens is 1. The topological polar surface area (TPSA) is 61.1 Å². The summed E-state index contributed by atoms with van der Waals surface area (Å²) >= 11 is 0. The zero-order chi connectivity index (χ0) is 10.6. The van der Waals surface area contributed by atoms with Crippen molar-refractivity contribution in [2.75, 3.05) is 0 Å². The number of aliphatic hydroxyl groups excluding tert-OH is 1. The fourth-order valence-corrected chi connectivity index (χ4v) is 1.02. The largest absolute Gasteiger partial charge is 0.392 e. The molecule has 0 radical (unpaired) electrons. The molecule has 14 heavy (non-hydrogen) atoms. The summed E-state index contributed by atoms with van der Waals surface area (Å²) in [7, 11) is 0. The first-order chi connectivity index (χ1) is 6.69. The Kier molecular flexibility index (Phi) is 3.32. The molecule has 0 unspecified atom stereocenters. The first-order valence-corrected chi connectivity index (χ1v) is 3.98. The van der Waals surface area contributed by atoms with Crippen LogP contribution in [-0.4, -0.2) is 10.9 Å². The minimum Gasteiger partial charge on any atom is -0.392 e. The number of rotatable bonds is 3. The maximum Gasteiger partial charge on any atom is 0.176 e. The second-order valence-corrected chi connectivity index (χ2v) is 2.72. The molecule has 0 aromatic heterocycles. The molecule has 4 heteroatoms. The lowest BCUT2D eigenvalue weighted by atomic mass is 10.1. The standard InChI is InChI=1S/C10H8FNO2/c11-9-5-7(10(14)3-4-12)1-2-8(9)6-13/h1-2,5,13H,3,6H2. The third-order valence-corrected chi connectivity index (χ3v) is 1.79. The molecule has 1 aromatic rings. The molecule has 0 saturated heterocycles. The lowest BCUT2D eigenvalue weighted by molar-refractivity contribution is 0.0997. The zero-order valence-corrected chi connectivity index (χ0v) is 7.33. The van der Waals surface area contributed by atoms with E-state index in [-0.39, 0.29) is 17.5 Å². The van der Waals surface area contributed by atoms with Gasteiger partial charge >= 0.3 is 0 Å². The molecule has 3 nitrogen and oxygen atoms in total. The minimum absolute atomic E-state index is 0.138. The quantitative estimate of drug-likeness (QED) is 0.738. The van der Waals surface area contributed by atoms with Crippen LogP contribution in [0.4, 0.5) is 4.39 Å². The fraction of sp³-hybridized carbons (Fsp3) is 0.200. The number of benzene rings is 1. The van der Waals surface area contributed by atoms with Crippen LogP contribution in [-0.2, 0) is 6.61 Å². The molecule has 0 amide bonds. The van der Waals surface area contributed by atoms with Crippen molar-refractivity contribution in [3.63, 3.8) is 0 Å². The molecule has 0 fully saturated rings. The molecular formula is C10H8FNO2. The van der Waals surface area contributed by atoms with Gasteiger partial charge in [-0.25, -0.2) is 4.39 Å². The van der Waals surface area contributed by atoms with Gasteiger partial charge in [0.25, 0.3) is 0 Å². The van der Waals surface area contributed by atoms with E-state index in [4.69, 9.17) is 10.4 Å². The van der Waals surface area contributed by atoms with E-state index >= 15 is 0 Å². The van der Waals surface area contributed by atoms with Crippen molar-refractivity contribution in [2.45, 2.75) is 13.0 Å². The van der Waals surface area contributed by atoms with E-state index in [1.54, 1.807) is 6.07 Å². The van der Waals surface area contributed by atoms with Gasteiger partial charge in [0, 0.05) is 11.1 Å². The third-order valence-electron chi connectivity index (χ3n) is 1.79. The Balaban J connectivity index is 2.98. The predicted molar refractivity (Wildman–Crippen MR) is 46.9 cm³/mol. The smallest absolute Gasteiger partial charge is 0.176 e. The number of carbonyl (C=O) groups excluding carboxylic acids is 1. The van der Waals surface area contributed by atoms with Crippen LogP contribution in [0.3, 0.4) is 0 Å². The van der Waals surface area contributed by atoms with Gasteiger partial charge in [0.15, 0.2) is 5.78 Å². The minimum atomic E-state index is -0.628. The van der Waals surface area contributed by atoms with E-state index in [2.05, 4.69) is 0 Å². The molecule has 1 aromatic carbocycles. The second kappa shape index (κ2) is 4.49. The normalized spacial score (nSPS) is 9.50. The molecule has 0 aliphatic heterocycles. The van der Waals surface area contributed by atoms with Crippen LogP contribution in [0.2, 0.25) is 0 Å². The predicted octanol–water partition coefficient (Wildman–Crippen LogP) is 1.41. The average Bonchev–Trinajstić information content (AvgIpc) is 2.18. The van der Waals surface area contributed by atoms with Gasteiger partial charge in [-0.2, -0.15) is 5.26 Å². The van der Waals surface area contributed by atoms with Gasteiger partial charge in [-0.05, 0) is 6.07 Å². The van der Waals surface area contributed by atoms with Gasteiger partial charge in [0.2, 0.25) is 0 Å². The van der Waals surface area contributed by atoms with Crippen LogP contribution >= 0.6 is 0 Å². The summed E-state index contributed by atoms with van der Waals surface area (Å²) in [6.45, 7) is -0.404. The molecule has 1 N–H and O–H groups in total. The van der Waals surface area contributed by atoms with Crippen LogP contribution in [0.15, 0.2) is 18.2 Å². The molecule has 72 valence electrons. The Morgan fingerprint density at radius 3 is 2.79 bits per heavy atom. The molecule has 0 spiro atoms. The summed E-state index contributed by atoms with van der Waals surface area (Å²) in [6.07, 6.45) is -0.266. The fourth-order valence-electron chi connectivity index (χ4n) is 1.02. The molecule has 0 heterocycles. The van der Waals surface area contributed by atoms with Crippen LogP contribution in [0, 0.1) is 17.1 Å². The lowest BCUT2D eigenvalue weighted by Crippen LogP contribution is -2.00. The highest BCUT2D eigenvalue weighted by molar-refractivity contribution is 5.97. The van der Waals surface area contributed by atoms with E-state index in [9.17, 15) is 9.18 Å². The van der Waals surface area contributed by atoms with Crippen molar-refractivity contribution in [3.8, 4) is 6.07 Å². The summed E-state index contributed by atoms with van der Waals surface area (Å²) in [5, 5.41) is 16.9. The number of aliphatic hydroxyl groups is 1. The van der Waals surface area contributed by atoms with Crippen LogP contribution in [0.25, 0.3) is 0 Å². The zero-order valence-electron chi connectivity index (χ0n) is 7.33. The highest BCUT2D eigenvalue weighted by atomic mass is 19.1. The SMILES string of the molecule is N#CCC(=O)c1ccc(CO)c(F)c1. The van der Waals surface area contributed by atoms with Crippen molar-refractivity contribution in [3.05, 3.63) is 35.1 Å². The maximum absolute atomic E-state index is 13.1. The molecule has 0 saturated carbocycles. The van der Waals surface area contributed by atoms with E-state index in [1.165, 1.54) is 12.1 Å². The van der Waals surface area contributed by atoms with Crippen LogP contribution < -0.4 is 0 Å². The van der Waals surface area contributed by atoms with Gasteiger partial charge in [0.1, 0.15) is 5.82 Å². The van der Waals surface area contributed by atoms with Crippen LogP contribution in [0.1, 0.15) is 22.3 Å². The van der Waals surface area contributed by atoms with Crippen molar-refractivity contribution in [1.82, 2.24) is 0 Å². The van der Waals surface area contributed by atoms with Gasteiger partial charge in [0.05, 0.1) is 19.1 Å². The molecular weight excluding hydrogens is 185 g/mol. The van der Waals surface area contributed by atoms with Crippen molar-refractivity contribution in [2.24, 2.45) is 0 Å². The Hall–Kier alpha value is -1.73. The summed E-state index contributed by atoms with van der Waals surface area (Å²) in [6, 6.07) is 5.46. The highest BCUT2D eigenvalue weighted by Crippen LogP contribution is 2.11. The van der Waals surface area contributed by atoms with E-state index in [0.717, 1.165) is 6.07 Å². The number of hydrogen-bond donors (Lipinski definition) is 1. The molecule has 0 atom stereocenters. The van der Waals surface area contributed by atoms with Crippen molar-refractivity contribution < 1.29 is 14.3 Å². The molecule has 0 aliphatic rings. The van der Waals surface area contributed by atoms with Crippen molar-refractivity contribution >= 4 is 5.78 Å². The van der Waals surface area contributed by atoms with Crippen LogP contribution in [0.5, 0.6) is 0 Å². The Bertz CT molecular complexity index is 396. The van der Waals surface area contributed by atoms with Gasteiger partial charge in [-0.3, -0.25) is 4.79 Å². The summed E-state index contributed by atoms with van der Waals surface area (Å²) in [5.41, 5.74) is 0.291. The summed E-state index contributed by atoms with van der Waals surface area (Å²) < 4.78 is 13.1. The Labute approximate surface area is 80.4 Å². The summed E-state index contributed by atoms with van der Waals surface area (Å²) in [5.74, 6) is -1.05. The van der Waals surface area contributed by atoms with E-state index in [1.807, 2.05) is 0 Å². The number of nitrogens with zero attached hydrogens (tertiary/aromatic N) is 1. The first kappa shape index (κ1) is 10.4. The Morgan fingerprint density at radius 1 is 1.57 bits per heavy atom. The monoisotopic (exact) mass is 193 g/mol. The molecule has 0 bridgehead atoms. The number of hydrogen-bond acceptors (Lipinski definition) is 3. The Morgan fingerprint density at radius 2 is 2.29 bits per heavy atom. The van der Waals surface area contributed by atoms with Crippen molar-refractivity contribution in [1.29, 1.82) is 5.26 Å². The highest BCUT2D eigenvalue weighted by Gasteiger charge is 2.08. The number of carbonyl (C=O) groups is 1. The maximum atomic E-state index is 13.1. The van der Waals surface area contributed by atoms with E-state index in [0.29, 0.717) is 0 Å².